The third-order valence-electron chi connectivity index (χ3n) is 6.97. The number of Topliss-reactive ketones (excluding diaryl/α,β-unsaturated/α-hetero) is 1. The number of aromatic nitrogens is 3. The van der Waals surface area contributed by atoms with E-state index in [9.17, 15) is 4.79 Å². The first-order valence-electron chi connectivity index (χ1n) is 9.71. The van der Waals surface area contributed by atoms with Gasteiger partial charge in [0.1, 0.15) is 13.2 Å². The van der Waals surface area contributed by atoms with E-state index in [-0.39, 0.29) is 22.4 Å². The number of nitrogens with zero attached hydrogens (tertiary/aromatic N) is 3. The van der Waals surface area contributed by atoms with Crippen LogP contribution < -0.4 is 9.47 Å². The summed E-state index contributed by atoms with van der Waals surface area (Å²) in [5.41, 5.74) is 2.94. The molecule has 1 aromatic carbocycles. The summed E-state index contributed by atoms with van der Waals surface area (Å²) in [5.74, 6) is 2.03. The topological polar surface area (TPSA) is 74.2 Å². The number of rotatable bonds is 4. The minimum absolute atomic E-state index is 0.0131. The van der Waals surface area contributed by atoms with E-state index in [0.29, 0.717) is 41.4 Å². The van der Waals surface area contributed by atoms with Crippen LogP contribution in [0.5, 0.6) is 11.5 Å². The van der Waals surface area contributed by atoms with Crippen molar-refractivity contribution in [2.45, 2.75) is 50.1 Å². The number of carbonyl (C=O) groups is 1. The first-order chi connectivity index (χ1) is 13.4. The molecule has 1 aliphatic heterocycles. The molecule has 28 heavy (non-hydrogen) atoms. The second kappa shape index (κ2) is 6.17. The number of carbonyl (C=O) groups excluding carboxylic acids is 1. The van der Waals surface area contributed by atoms with Gasteiger partial charge in [-0.25, -0.2) is 4.98 Å². The van der Waals surface area contributed by atoms with Crippen molar-refractivity contribution >= 4 is 17.5 Å². The van der Waals surface area contributed by atoms with Crippen LogP contribution in [0.2, 0.25) is 0 Å². The predicted molar refractivity (Wildman–Crippen MR) is 105 cm³/mol. The lowest BCUT2D eigenvalue weighted by atomic mass is 9.70. The molecule has 146 valence electrons. The molecule has 3 aliphatic rings. The Hall–Kier alpha value is -2.15. The van der Waals surface area contributed by atoms with Crippen LogP contribution in [0, 0.1) is 5.41 Å². The summed E-state index contributed by atoms with van der Waals surface area (Å²) in [6, 6.07) is 5.32. The van der Waals surface area contributed by atoms with Crippen molar-refractivity contribution in [2.24, 2.45) is 5.41 Å². The van der Waals surface area contributed by atoms with Gasteiger partial charge in [-0.05, 0) is 36.5 Å². The third-order valence-corrected chi connectivity index (χ3v) is 7.81. The van der Waals surface area contributed by atoms with Crippen molar-refractivity contribution in [3.05, 3.63) is 35.2 Å². The number of fused-ring (bicyclic) bond motifs is 6. The van der Waals surface area contributed by atoms with E-state index in [1.807, 2.05) is 0 Å². The zero-order valence-electron chi connectivity index (χ0n) is 16.3. The van der Waals surface area contributed by atoms with Crippen LogP contribution >= 0.6 is 11.8 Å². The number of benzene rings is 1. The Morgan fingerprint density at radius 2 is 1.96 bits per heavy atom. The molecule has 7 heteroatoms. The van der Waals surface area contributed by atoms with Crippen LogP contribution in [0.4, 0.5) is 0 Å². The average Bonchev–Trinajstić information content (AvgIpc) is 3.04. The maximum atomic E-state index is 12.6. The largest absolute Gasteiger partial charge is 0.486 e. The second-order valence-corrected chi connectivity index (χ2v) is 9.49. The third kappa shape index (κ3) is 2.48. The summed E-state index contributed by atoms with van der Waals surface area (Å²) in [7, 11) is 0. The van der Waals surface area contributed by atoms with E-state index in [4.69, 9.17) is 14.5 Å². The summed E-state index contributed by atoms with van der Waals surface area (Å²) < 4.78 is 11.1. The van der Waals surface area contributed by atoms with Crippen molar-refractivity contribution in [3.8, 4) is 11.5 Å². The molecule has 0 spiro atoms. The lowest BCUT2D eigenvalue weighted by Crippen LogP contribution is -2.32. The van der Waals surface area contributed by atoms with Gasteiger partial charge in [0.25, 0.3) is 0 Å². The molecule has 1 fully saturated rings. The van der Waals surface area contributed by atoms with Crippen molar-refractivity contribution in [1.82, 2.24) is 15.2 Å². The van der Waals surface area contributed by atoms with Gasteiger partial charge in [0.05, 0.1) is 17.1 Å². The number of hydrogen-bond donors (Lipinski definition) is 0. The standard InChI is InChI=1S/C21H23N3O3S/c1-20(2)13-6-7-21(20,3)18-17(13)23-24-19(22-18)28-11-14(25)12-4-5-15-16(10-12)27-9-8-26-15/h4-5,10,13H,6-9,11H2,1-3H3/t13-,21-/m0/s1. The van der Waals surface area contributed by atoms with E-state index < -0.39 is 0 Å². The fourth-order valence-corrected chi connectivity index (χ4v) is 5.54. The summed E-state index contributed by atoms with van der Waals surface area (Å²) in [6.07, 6.45) is 2.29. The Bertz CT molecular complexity index is 977. The van der Waals surface area contributed by atoms with Gasteiger partial charge in [-0.15, -0.1) is 5.10 Å². The smallest absolute Gasteiger partial charge is 0.209 e. The highest BCUT2D eigenvalue weighted by Crippen LogP contribution is 2.66. The van der Waals surface area contributed by atoms with Crippen molar-refractivity contribution in [2.75, 3.05) is 19.0 Å². The quantitative estimate of drug-likeness (QED) is 0.574. The number of hydrogen-bond acceptors (Lipinski definition) is 7. The Morgan fingerprint density at radius 3 is 2.79 bits per heavy atom. The molecule has 2 aromatic rings. The molecular weight excluding hydrogens is 374 g/mol. The number of thioether (sulfide) groups is 1. The van der Waals surface area contributed by atoms with E-state index in [1.165, 1.54) is 11.8 Å². The number of ketones is 1. The molecule has 6 nitrogen and oxygen atoms in total. The van der Waals surface area contributed by atoms with Crippen molar-refractivity contribution in [3.63, 3.8) is 0 Å². The summed E-state index contributed by atoms with van der Waals surface area (Å²) >= 11 is 1.35. The molecule has 2 atom stereocenters. The fourth-order valence-electron chi connectivity index (χ4n) is 4.85. The predicted octanol–water partition coefficient (Wildman–Crippen LogP) is 3.79. The Morgan fingerprint density at radius 1 is 1.18 bits per heavy atom. The summed E-state index contributed by atoms with van der Waals surface area (Å²) in [5, 5.41) is 9.39. The summed E-state index contributed by atoms with van der Waals surface area (Å²) in [4.78, 5) is 17.5. The van der Waals surface area contributed by atoms with Crippen LogP contribution in [0.3, 0.4) is 0 Å². The van der Waals surface area contributed by atoms with E-state index >= 15 is 0 Å². The van der Waals surface area contributed by atoms with Crippen molar-refractivity contribution < 1.29 is 14.3 Å². The molecule has 5 rings (SSSR count). The Balaban J connectivity index is 1.33. The van der Waals surface area contributed by atoms with E-state index in [0.717, 1.165) is 24.2 Å². The molecule has 0 radical (unpaired) electrons. The van der Waals surface area contributed by atoms with Crippen LogP contribution in [0.15, 0.2) is 23.4 Å². The first kappa shape index (κ1) is 17.9. The van der Waals surface area contributed by atoms with Gasteiger partial charge in [0.2, 0.25) is 5.16 Å². The highest BCUT2D eigenvalue weighted by molar-refractivity contribution is 7.99. The van der Waals surface area contributed by atoms with E-state index in [2.05, 4.69) is 31.0 Å². The van der Waals surface area contributed by atoms with Crippen LogP contribution in [-0.4, -0.2) is 39.9 Å². The normalized spacial score (nSPS) is 26.2. The molecule has 0 unspecified atom stereocenters. The lowest BCUT2D eigenvalue weighted by molar-refractivity contribution is 0.102. The van der Waals surface area contributed by atoms with Gasteiger partial charge in [-0.2, -0.15) is 5.10 Å². The maximum absolute atomic E-state index is 12.6. The maximum Gasteiger partial charge on any atom is 0.209 e. The lowest BCUT2D eigenvalue weighted by Gasteiger charge is -2.33. The first-order valence-corrected chi connectivity index (χ1v) is 10.7. The van der Waals surface area contributed by atoms with Crippen LogP contribution in [0.1, 0.15) is 61.3 Å². The van der Waals surface area contributed by atoms with Gasteiger partial charge in [-0.1, -0.05) is 32.5 Å². The highest BCUT2D eigenvalue weighted by atomic mass is 32.2. The van der Waals surface area contributed by atoms with Gasteiger partial charge in [0, 0.05) is 16.9 Å². The molecule has 1 saturated carbocycles. The van der Waals surface area contributed by atoms with Gasteiger partial charge in [0.15, 0.2) is 17.3 Å². The van der Waals surface area contributed by atoms with Gasteiger partial charge >= 0.3 is 0 Å². The Kier molecular flexibility index (Phi) is 3.95. The fraction of sp³-hybridized carbons (Fsp3) is 0.524. The zero-order valence-corrected chi connectivity index (χ0v) is 17.1. The van der Waals surface area contributed by atoms with E-state index in [1.54, 1.807) is 18.2 Å². The average molecular weight is 398 g/mol. The molecule has 0 N–H and O–H groups in total. The second-order valence-electron chi connectivity index (χ2n) is 8.54. The minimum atomic E-state index is 0.0131. The molecule has 1 aromatic heterocycles. The van der Waals surface area contributed by atoms with Gasteiger partial charge < -0.3 is 9.47 Å². The molecule has 2 heterocycles. The molecule has 2 aliphatic carbocycles. The molecule has 2 bridgehead atoms. The highest BCUT2D eigenvalue weighted by Gasteiger charge is 2.61. The van der Waals surface area contributed by atoms with Crippen molar-refractivity contribution in [1.29, 1.82) is 0 Å². The minimum Gasteiger partial charge on any atom is -0.486 e. The Labute approximate surface area is 168 Å². The van der Waals surface area contributed by atoms with Crippen LogP contribution in [0.25, 0.3) is 0 Å². The number of ether oxygens (including phenoxy) is 2. The monoisotopic (exact) mass is 397 g/mol. The molecule has 0 amide bonds. The zero-order chi connectivity index (χ0) is 19.5. The molecule has 0 saturated heterocycles. The summed E-state index contributed by atoms with van der Waals surface area (Å²) in [6.45, 7) is 7.96. The van der Waals surface area contributed by atoms with Crippen LogP contribution in [-0.2, 0) is 5.41 Å². The SMILES string of the molecule is CC1(C)[C@H]2CC[C@@]1(C)c1nc(SCC(=O)c3ccc4c(c3)OCCO4)nnc12. The molecular formula is C21H23N3O3S. The van der Waals surface area contributed by atoms with Gasteiger partial charge in [-0.3, -0.25) is 4.79 Å².